The Kier molecular flexibility index (Phi) is 6.17. The monoisotopic (exact) mass is 348 g/mol. The molecule has 0 unspecified atom stereocenters. The van der Waals surface area contributed by atoms with Gasteiger partial charge in [-0.05, 0) is 47.3 Å². The van der Waals surface area contributed by atoms with Crippen molar-refractivity contribution in [3.8, 4) is 0 Å². The van der Waals surface area contributed by atoms with Crippen molar-refractivity contribution in [1.82, 2.24) is 14.7 Å². The van der Waals surface area contributed by atoms with E-state index < -0.39 is 5.60 Å². The normalized spacial score (nSPS) is 16.6. The van der Waals surface area contributed by atoms with Gasteiger partial charge >= 0.3 is 6.09 Å². The first kappa shape index (κ1) is 19.0. The molecule has 1 aliphatic rings. The first-order valence-electron chi connectivity index (χ1n) is 8.62. The quantitative estimate of drug-likeness (QED) is 0.672. The maximum Gasteiger partial charge on any atom is 0.410 e. The highest BCUT2D eigenvalue weighted by Crippen LogP contribution is 2.24. The second-order valence-electron chi connectivity index (χ2n) is 6.99. The maximum absolute atomic E-state index is 12.1. The molecule has 0 spiro atoms. The molecule has 2 rings (SSSR count). The van der Waals surface area contributed by atoms with E-state index in [1.54, 1.807) is 11.1 Å². The topological polar surface area (TPSA) is 84.1 Å². The molecule has 0 atom stereocenters. The molecule has 1 aliphatic heterocycles. The van der Waals surface area contributed by atoms with Crippen LogP contribution in [0.5, 0.6) is 0 Å². The van der Waals surface area contributed by atoms with Crippen molar-refractivity contribution in [1.29, 1.82) is 0 Å². The summed E-state index contributed by atoms with van der Waals surface area (Å²) >= 11 is 0. The van der Waals surface area contributed by atoms with Crippen LogP contribution in [0.3, 0.4) is 0 Å². The highest BCUT2D eigenvalue weighted by Gasteiger charge is 2.27. The molecule has 1 N–H and O–H groups in total. The summed E-state index contributed by atoms with van der Waals surface area (Å²) in [6.07, 6.45) is 5.12. The van der Waals surface area contributed by atoms with Crippen LogP contribution < -0.4 is 5.32 Å². The molecule has 0 saturated carbocycles. The predicted octanol–water partition coefficient (Wildman–Crippen LogP) is 2.94. The van der Waals surface area contributed by atoms with Gasteiger partial charge in [-0.3, -0.25) is 9.67 Å². The largest absolute Gasteiger partial charge is 0.444 e. The van der Waals surface area contributed by atoms with Crippen molar-refractivity contribution in [3.05, 3.63) is 12.4 Å². The third kappa shape index (κ3) is 5.58. The lowest BCUT2D eigenvalue weighted by Gasteiger charge is -2.33. The van der Waals surface area contributed by atoms with Crippen molar-refractivity contribution < 1.29 is 9.53 Å². The average molecular weight is 348 g/mol. The van der Waals surface area contributed by atoms with Crippen molar-refractivity contribution >= 4 is 24.5 Å². The minimum Gasteiger partial charge on any atom is -0.444 e. The zero-order chi connectivity index (χ0) is 18.4. The third-order valence-electron chi connectivity index (χ3n) is 3.81. The third-order valence-corrected chi connectivity index (χ3v) is 3.81. The van der Waals surface area contributed by atoms with Crippen molar-refractivity contribution in [2.24, 2.45) is 9.98 Å². The van der Waals surface area contributed by atoms with E-state index in [2.05, 4.69) is 27.1 Å². The fraction of sp³-hybridized carbons (Fsp3) is 0.647. The lowest BCUT2D eigenvalue weighted by Crippen LogP contribution is -2.42. The number of likely N-dealkylation sites (tertiary alicyclic amines) is 1. The van der Waals surface area contributed by atoms with Crippen molar-refractivity contribution in [2.45, 2.75) is 52.2 Å². The molecule has 1 fully saturated rings. The van der Waals surface area contributed by atoms with Gasteiger partial charge in [-0.2, -0.15) is 5.10 Å². The summed E-state index contributed by atoms with van der Waals surface area (Å²) in [5.41, 5.74) is 0.363. The molecule has 0 aliphatic carbocycles. The number of aromatic nitrogens is 2. The summed E-state index contributed by atoms with van der Waals surface area (Å²) in [6.45, 7) is 13.0. The van der Waals surface area contributed by atoms with Crippen LogP contribution in [-0.2, 0) is 4.74 Å². The van der Waals surface area contributed by atoms with Crippen LogP contribution in [0, 0.1) is 0 Å². The van der Waals surface area contributed by atoms with Crippen LogP contribution >= 0.6 is 0 Å². The number of anilines is 1. The van der Waals surface area contributed by atoms with E-state index in [0.29, 0.717) is 25.6 Å². The maximum atomic E-state index is 12.1. The molecule has 2 heterocycles. The number of piperidine rings is 1. The summed E-state index contributed by atoms with van der Waals surface area (Å²) < 4.78 is 7.36. The minimum absolute atomic E-state index is 0.244. The lowest BCUT2D eigenvalue weighted by atomic mass is 10.1. The van der Waals surface area contributed by atoms with Gasteiger partial charge < -0.3 is 15.0 Å². The molecule has 0 aromatic carbocycles. The highest BCUT2D eigenvalue weighted by molar-refractivity contribution is 5.96. The molecule has 1 amide bonds. The summed E-state index contributed by atoms with van der Waals surface area (Å²) in [5.74, 6) is 0.488. The van der Waals surface area contributed by atoms with Crippen LogP contribution in [0.1, 0.15) is 46.6 Å². The molecule has 0 radical (unpaired) electrons. The number of guanidine groups is 1. The van der Waals surface area contributed by atoms with Crippen LogP contribution in [0.15, 0.2) is 22.4 Å². The summed E-state index contributed by atoms with van der Waals surface area (Å²) in [6, 6.07) is 0.262. The van der Waals surface area contributed by atoms with Gasteiger partial charge in [-0.25, -0.2) is 9.79 Å². The number of aliphatic imine (C=N–C) groups is 2. The van der Waals surface area contributed by atoms with Gasteiger partial charge in [0.2, 0.25) is 5.96 Å². The van der Waals surface area contributed by atoms with Crippen LogP contribution in [-0.4, -0.2) is 58.7 Å². The molecule has 0 bridgehead atoms. The number of hydrogen-bond donors (Lipinski definition) is 1. The molecular weight excluding hydrogens is 320 g/mol. The number of nitrogens with one attached hydrogen (secondary N) is 1. The number of rotatable bonds is 3. The Morgan fingerprint density at radius 3 is 2.68 bits per heavy atom. The van der Waals surface area contributed by atoms with E-state index in [0.717, 1.165) is 18.5 Å². The zero-order valence-corrected chi connectivity index (χ0v) is 15.5. The van der Waals surface area contributed by atoms with Crippen LogP contribution in [0.25, 0.3) is 0 Å². The first-order chi connectivity index (χ1) is 11.8. The molecule has 138 valence electrons. The fourth-order valence-corrected chi connectivity index (χ4v) is 2.65. The molecule has 1 aromatic heterocycles. The SMILES string of the molecule is C=NC(=NCC)Nc1cnn(C2CCN(C(=O)OC(C)(C)C)CC2)c1. The van der Waals surface area contributed by atoms with Gasteiger partial charge in [0.15, 0.2) is 0 Å². The number of carbonyl (C=O) groups excluding carboxylic acids is 1. The Bertz CT molecular complexity index is 623. The summed E-state index contributed by atoms with van der Waals surface area (Å²) in [7, 11) is 0. The lowest BCUT2D eigenvalue weighted by molar-refractivity contribution is 0.0185. The Balaban J connectivity index is 1.90. The molecule has 25 heavy (non-hydrogen) atoms. The van der Waals surface area contributed by atoms with E-state index >= 15 is 0 Å². The van der Waals surface area contributed by atoms with Gasteiger partial charge in [0.05, 0.1) is 17.9 Å². The van der Waals surface area contributed by atoms with E-state index in [-0.39, 0.29) is 12.1 Å². The molecule has 8 heteroatoms. The Hall–Kier alpha value is -2.38. The predicted molar refractivity (Wildman–Crippen MR) is 99.5 cm³/mol. The summed E-state index contributed by atoms with van der Waals surface area (Å²) in [5, 5.41) is 7.51. The van der Waals surface area contributed by atoms with Gasteiger partial charge in [-0.1, -0.05) is 0 Å². The standard InChI is InChI=1S/C17H28N6O2/c1-6-19-15(18-5)21-13-11-20-23(12-13)14-7-9-22(10-8-14)16(24)25-17(2,3)4/h11-12,14H,5-10H2,1-4H3,(H,19,21). The second-order valence-corrected chi connectivity index (χ2v) is 6.99. The number of ether oxygens (including phenoxy) is 1. The second kappa shape index (κ2) is 8.13. The van der Waals surface area contributed by atoms with Crippen molar-refractivity contribution in [3.63, 3.8) is 0 Å². The number of hydrogen-bond acceptors (Lipinski definition) is 4. The number of carbonyl (C=O) groups is 1. The Morgan fingerprint density at radius 2 is 2.12 bits per heavy atom. The molecule has 1 saturated heterocycles. The van der Waals surface area contributed by atoms with Crippen LogP contribution in [0.2, 0.25) is 0 Å². The molecule has 1 aromatic rings. The van der Waals surface area contributed by atoms with E-state index in [4.69, 9.17) is 4.74 Å². The zero-order valence-electron chi connectivity index (χ0n) is 15.5. The number of amides is 1. The van der Waals surface area contributed by atoms with Crippen molar-refractivity contribution in [2.75, 3.05) is 25.0 Å². The molecular formula is C17H28N6O2. The van der Waals surface area contributed by atoms with Gasteiger partial charge in [0.1, 0.15) is 5.60 Å². The smallest absolute Gasteiger partial charge is 0.410 e. The number of nitrogens with zero attached hydrogens (tertiary/aromatic N) is 5. The average Bonchev–Trinajstić information content (AvgIpc) is 3.01. The Morgan fingerprint density at radius 1 is 1.44 bits per heavy atom. The van der Waals surface area contributed by atoms with E-state index in [1.807, 2.05) is 38.6 Å². The first-order valence-corrected chi connectivity index (χ1v) is 8.62. The molecule has 8 nitrogen and oxygen atoms in total. The van der Waals surface area contributed by atoms with Gasteiger partial charge in [0.25, 0.3) is 0 Å². The van der Waals surface area contributed by atoms with E-state index in [1.165, 1.54) is 0 Å². The summed E-state index contributed by atoms with van der Waals surface area (Å²) in [4.78, 5) is 21.9. The van der Waals surface area contributed by atoms with Gasteiger partial charge in [-0.15, -0.1) is 0 Å². The minimum atomic E-state index is -0.465. The highest BCUT2D eigenvalue weighted by atomic mass is 16.6. The van der Waals surface area contributed by atoms with E-state index in [9.17, 15) is 4.79 Å². The van der Waals surface area contributed by atoms with Crippen LogP contribution in [0.4, 0.5) is 10.5 Å². The fourth-order valence-electron chi connectivity index (χ4n) is 2.65. The van der Waals surface area contributed by atoms with Gasteiger partial charge in [0, 0.05) is 25.8 Å². The Labute approximate surface area is 149 Å².